The number of amides is 1. The molecular formula is C21H19N5O2. The van der Waals surface area contributed by atoms with Crippen LogP contribution in [-0.2, 0) is 0 Å². The minimum absolute atomic E-state index is 0.0672. The fraction of sp³-hybridized carbons (Fsp3) is 0.143. The molecule has 0 radical (unpaired) electrons. The van der Waals surface area contributed by atoms with Gasteiger partial charge in [-0.25, -0.2) is 9.50 Å². The number of hydrogen-bond acceptors (Lipinski definition) is 5. The number of nitrogens with one attached hydrogen (secondary N) is 1. The summed E-state index contributed by atoms with van der Waals surface area (Å²) in [5.74, 6) is 0.762. The van der Waals surface area contributed by atoms with Crippen molar-refractivity contribution in [2.24, 2.45) is 0 Å². The number of hydrogen-bond donors (Lipinski definition) is 1. The Morgan fingerprint density at radius 2 is 1.82 bits per heavy atom. The van der Waals surface area contributed by atoms with Gasteiger partial charge in [-0.3, -0.25) is 4.79 Å². The number of nitrogens with zero attached hydrogens (tertiary/aromatic N) is 4. The molecule has 4 rings (SSSR count). The number of methoxy groups -OCH3 is 1. The summed E-state index contributed by atoms with van der Waals surface area (Å²) in [7, 11) is 1.61. The Morgan fingerprint density at radius 3 is 2.57 bits per heavy atom. The van der Waals surface area contributed by atoms with Crippen LogP contribution in [0.5, 0.6) is 5.75 Å². The highest BCUT2D eigenvalue weighted by Crippen LogP contribution is 2.30. The molecule has 2 heterocycles. The van der Waals surface area contributed by atoms with E-state index in [4.69, 9.17) is 4.74 Å². The maximum absolute atomic E-state index is 13.0. The van der Waals surface area contributed by atoms with Crippen LogP contribution >= 0.6 is 0 Å². The molecule has 1 unspecified atom stereocenters. The standard InChI is InChI=1S/C21H19N5O2/c1-14-12-13-22-21-24-19(25-26(14)21)20(27)23-18(15-8-4-3-5-9-15)16-10-6-7-11-17(16)28-2/h3-13,18H,1-2H3,(H,23,27). The summed E-state index contributed by atoms with van der Waals surface area (Å²) >= 11 is 0. The summed E-state index contributed by atoms with van der Waals surface area (Å²) in [4.78, 5) is 21.4. The molecule has 1 amide bonds. The van der Waals surface area contributed by atoms with Crippen LogP contribution in [0.15, 0.2) is 66.9 Å². The van der Waals surface area contributed by atoms with Crippen LogP contribution in [0.4, 0.5) is 0 Å². The molecule has 4 aromatic rings. The molecular weight excluding hydrogens is 354 g/mol. The van der Waals surface area contributed by atoms with Gasteiger partial charge in [0.25, 0.3) is 11.7 Å². The van der Waals surface area contributed by atoms with Crippen LogP contribution in [0, 0.1) is 6.92 Å². The molecule has 0 bridgehead atoms. The Kier molecular flexibility index (Phi) is 4.72. The third-order valence-electron chi connectivity index (χ3n) is 4.49. The van der Waals surface area contributed by atoms with Gasteiger partial charge in [0, 0.05) is 17.5 Å². The van der Waals surface area contributed by atoms with E-state index in [2.05, 4.69) is 20.4 Å². The van der Waals surface area contributed by atoms with Crippen LogP contribution in [0.3, 0.4) is 0 Å². The zero-order chi connectivity index (χ0) is 19.5. The normalized spacial score (nSPS) is 11.9. The average molecular weight is 373 g/mol. The molecule has 2 aromatic carbocycles. The lowest BCUT2D eigenvalue weighted by atomic mass is 9.97. The number of aryl methyl sites for hydroxylation is 1. The van der Waals surface area contributed by atoms with E-state index in [1.54, 1.807) is 17.8 Å². The molecule has 140 valence electrons. The molecule has 0 saturated heterocycles. The second kappa shape index (κ2) is 7.48. The van der Waals surface area contributed by atoms with E-state index in [-0.39, 0.29) is 11.7 Å². The van der Waals surface area contributed by atoms with Crippen LogP contribution < -0.4 is 10.1 Å². The Balaban J connectivity index is 1.73. The first-order chi connectivity index (χ1) is 13.7. The first-order valence-electron chi connectivity index (χ1n) is 8.84. The van der Waals surface area contributed by atoms with Gasteiger partial charge < -0.3 is 10.1 Å². The number of rotatable bonds is 5. The van der Waals surface area contributed by atoms with Gasteiger partial charge in [0.05, 0.1) is 13.2 Å². The smallest absolute Gasteiger partial charge is 0.291 e. The highest BCUT2D eigenvalue weighted by molar-refractivity contribution is 5.91. The predicted octanol–water partition coefficient (Wildman–Crippen LogP) is 2.96. The molecule has 0 fully saturated rings. The summed E-state index contributed by atoms with van der Waals surface area (Å²) in [5.41, 5.74) is 2.63. The molecule has 28 heavy (non-hydrogen) atoms. The predicted molar refractivity (Wildman–Crippen MR) is 104 cm³/mol. The minimum atomic E-state index is -0.412. The van der Waals surface area contributed by atoms with Gasteiger partial charge >= 0.3 is 0 Å². The van der Waals surface area contributed by atoms with Crippen LogP contribution in [-0.4, -0.2) is 32.6 Å². The average Bonchev–Trinajstić information content (AvgIpc) is 3.18. The Hall–Kier alpha value is -3.74. The highest BCUT2D eigenvalue weighted by atomic mass is 16.5. The number of fused-ring (bicyclic) bond motifs is 1. The largest absolute Gasteiger partial charge is 0.496 e. The van der Waals surface area contributed by atoms with Crippen molar-refractivity contribution in [3.8, 4) is 5.75 Å². The summed E-state index contributed by atoms with van der Waals surface area (Å²) in [6.07, 6.45) is 1.64. The van der Waals surface area contributed by atoms with Gasteiger partial charge in [0.1, 0.15) is 5.75 Å². The summed E-state index contributed by atoms with van der Waals surface area (Å²) in [5, 5.41) is 7.33. The molecule has 1 atom stereocenters. The van der Waals surface area contributed by atoms with Crippen molar-refractivity contribution in [3.63, 3.8) is 0 Å². The van der Waals surface area contributed by atoms with Crippen molar-refractivity contribution in [2.45, 2.75) is 13.0 Å². The second-order valence-electron chi connectivity index (χ2n) is 6.29. The van der Waals surface area contributed by atoms with E-state index in [0.29, 0.717) is 11.5 Å². The van der Waals surface area contributed by atoms with Gasteiger partial charge in [-0.2, -0.15) is 4.98 Å². The molecule has 7 heteroatoms. The van der Waals surface area contributed by atoms with E-state index in [0.717, 1.165) is 16.8 Å². The van der Waals surface area contributed by atoms with Gasteiger partial charge in [-0.15, -0.1) is 5.10 Å². The molecule has 7 nitrogen and oxygen atoms in total. The number of carbonyl (C=O) groups excluding carboxylic acids is 1. The van der Waals surface area contributed by atoms with Crippen LogP contribution in [0.25, 0.3) is 5.78 Å². The third kappa shape index (κ3) is 3.29. The number of para-hydroxylation sites is 1. The Labute approximate surface area is 162 Å². The van der Waals surface area contributed by atoms with E-state index in [9.17, 15) is 4.79 Å². The molecule has 0 spiro atoms. The van der Waals surface area contributed by atoms with Crippen molar-refractivity contribution in [1.29, 1.82) is 0 Å². The maximum atomic E-state index is 13.0. The first kappa shape index (κ1) is 17.7. The molecule has 0 aliphatic rings. The number of benzene rings is 2. The van der Waals surface area contributed by atoms with Gasteiger partial charge in [0.15, 0.2) is 0 Å². The van der Waals surface area contributed by atoms with Gasteiger partial charge in [-0.1, -0.05) is 48.5 Å². The maximum Gasteiger partial charge on any atom is 0.291 e. The summed E-state index contributed by atoms with van der Waals surface area (Å²) < 4.78 is 7.05. The van der Waals surface area contributed by atoms with Crippen molar-refractivity contribution in [2.75, 3.05) is 7.11 Å². The van der Waals surface area contributed by atoms with E-state index in [1.807, 2.05) is 67.6 Å². The molecule has 0 aliphatic heterocycles. The first-order valence-corrected chi connectivity index (χ1v) is 8.84. The van der Waals surface area contributed by atoms with Crippen molar-refractivity contribution >= 4 is 11.7 Å². The molecule has 2 aromatic heterocycles. The molecule has 1 N–H and O–H groups in total. The third-order valence-corrected chi connectivity index (χ3v) is 4.49. The van der Waals surface area contributed by atoms with Crippen LogP contribution in [0.2, 0.25) is 0 Å². The van der Waals surface area contributed by atoms with Gasteiger partial charge in [-0.05, 0) is 24.6 Å². The summed E-state index contributed by atoms with van der Waals surface area (Å²) in [6, 6.07) is 18.7. The van der Waals surface area contributed by atoms with E-state index >= 15 is 0 Å². The van der Waals surface area contributed by atoms with Crippen molar-refractivity contribution in [3.05, 3.63) is 89.5 Å². The highest BCUT2D eigenvalue weighted by Gasteiger charge is 2.23. The lowest BCUT2D eigenvalue weighted by Crippen LogP contribution is -2.30. The topological polar surface area (TPSA) is 81.4 Å². The zero-order valence-corrected chi connectivity index (χ0v) is 15.5. The second-order valence-corrected chi connectivity index (χ2v) is 6.29. The number of carbonyl (C=O) groups is 1. The monoisotopic (exact) mass is 373 g/mol. The van der Waals surface area contributed by atoms with E-state index in [1.165, 1.54) is 0 Å². The Morgan fingerprint density at radius 1 is 1.07 bits per heavy atom. The SMILES string of the molecule is COc1ccccc1C(NC(=O)c1nc2nccc(C)n2n1)c1ccccc1. The van der Waals surface area contributed by atoms with Crippen molar-refractivity contribution in [1.82, 2.24) is 24.9 Å². The fourth-order valence-corrected chi connectivity index (χ4v) is 3.09. The van der Waals surface area contributed by atoms with E-state index < -0.39 is 6.04 Å². The lowest BCUT2D eigenvalue weighted by Gasteiger charge is -2.21. The minimum Gasteiger partial charge on any atom is -0.496 e. The molecule has 0 saturated carbocycles. The van der Waals surface area contributed by atoms with Crippen LogP contribution in [0.1, 0.15) is 33.5 Å². The van der Waals surface area contributed by atoms with Crippen molar-refractivity contribution < 1.29 is 9.53 Å². The molecule has 0 aliphatic carbocycles. The summed E-state index contributed by atoms with van der Waals surface area (Å²) in [6.45, 7) is 1.88. The van der Waals surface area contributed by atoms with Gasteiger partial charge in [0.2, 0.25) is 5.82 Å². The fourth-order valence-electron chi connectivity index (χ4n) is 3.09. The quantitative estimate of drug-likeness (QED) is 0.582. The Bertz CT molecular complexity index is 1120. The number of ether oxygens (including phenoxy) is 1. The zero-order valence-electron chi connectivity index (χ0n) is 15.5. The lowest BCUT2D eigenvalue weighted by molar-refractivity contribution is 0.0932. The number of aromatic nitrogens is 4.